The highest BCUT2D eigenvalue weighted by Gasteiger charge is 2.07. The van der Waals surface area contributed by atoms with Crippen LogP contribution in [-0.2, 0) is 13.2 Å². The maximum Gasteiger partial charge on any atom is 0.146 e. The predicted octanol–water partition coefficient (Wildman–Crippen LogP) is 3.47. The molecule has 0 bridgehead atoms. The highest BCUT2D eigenvalue weighted by Crippen LogP contribution is 2.24. The number of fused-ring (bicyclic) bond motifs is 1. The van der Waals surface area contributed by atoms with Gasteiger partial charge in [-0.1, -0.05) is 36.4 Å². The van der Waals surface area contributed by atoms with E-state index in [0.717, 1.165) is 28.0 Å². The molecule has 0 saturated heterocycles. The van der Waals surface area contributed by atoms with Gasteiger partial charge in [0.15, 0.2) is 0 Å². The lowest BCUT2D eigenvalue weighted by Crippen LogP contribution is -1.95. The fourth-order valence-corrected chi connectivity index (χ4v) is 2.08. The fraction of sp³-hybridized carbons (Fsp3) is 0.125. The van der Waals surface area contributed by atoms with E-state index in [1.54, 1.807) is 0 Å². The normalized spacial score (nSPS) is 10.8. The Balaban J connectivity index is 1.82. The van der Waals surface area contributed by atoms with Crippen LogP contribution in [0.2, 0.25) is 0 Å². The van der Waals surface area contributed by atoms with Crippen molar-refractivity contribution in [2.75, 3.05) is 0 Å². The summed E-state index contributed by atoms with van der Waals surface area (Å²) >= 11 is 0. The molecule has 0 atom stereocenters. The molecule has 3 rings (SSSR count). The van der Waals surface area contributed by atoms with E-state index in [1.165, 1.54) is 0 Å². The summed E-state index contributed by atoms with van der Waals surface area (Å²) in [4.78, 5) is 0. The van der Waals surface area contributed by atoms with E-state index in [0.29, 0.717) is 13.2 Å². The lowest BCUT2D eigenvalue weighted by atomic mass is 10.1. The Kier molecular flexibility index (Phi) is 3.21. The molecule has 0 aliphatic rings. The van der Waals surface area contributed by atoms with Crippen LogP contribution in [-0.4, -0.2) is 0 Å². The Bertz CT molecular complexity index is 674. The second kappa shape index (κ2) is 5.16. The molecule has 0 fully saturated rings. The van der Waals surface area contributed by atoms with Crippen molar-refractivity contribution >= 4 is 11.0 Å². The van der Waals surface area contributed by atoms with Crippen LogP contribution in [0.3, 0.4) is 0 Å². The van der Waals surface area contributed by atoms with E-state index in [4.69, 9.17) is 14.9 Å². The summed E-state index contributed by atoms with van der Waals surface area (Å²) in [6.07, 6.45) is 0. The van der Waals surface area contributed by atoms with E-state index in [2.05, 4.69) is 0 Å². The van der Waals surface area contributed by atoms with Gasteiger partial charge in [0.1, 0.15) is 23.7 Å². The molecule has 96 valence electrons. The molecule has 1 heterocycles. The SMILES string of the molecule is NCc1cccc2cc(COc3ccccc3)oc12. The zero-order chi connectivity index (χ0) is 13.1. The number of hydrogen-bond donors (Lipinski definition) is 1. The van der Waals surface area contributed by atoms with Crippen molar-refractivity contribution in [3.05, 3.63) is 65.9 Å². The first-order valence-corrected chi connectivity index (χ1v) is 6.25. The molecule has 0 saturated carbocycles. The van der Waals surface area contributed by atoms with Crippen LogP contribution in [0.1, 0.15) is 11.3 Å². The van der Waals surface area contributed by atoms with Gasteiger partial charge in [0, 0.05) is 17.5 Å². The summed E-state index contributed by atoms with van der Waals surface area (Å²) in [5, 5.41) is 1.06. The smallest absolute Gasteiger partial charge is 0.146 e. The zero-order valence-corrected chi connectivity index (χ0v) is 10.5. The van der Waals surface area contributed by atoms with Gasteiger partial charge in [-0.25, -0.2) is 0 Å². The first-order valence-electron chi connectivity index (χ1n) is 6.25. The van der Waals surface area contributed by atoms with Crippen LogP contribution in [0.4, 0.5) is 0 Å². The monoisotopic (exact) mass is 253 g/mol. The summed E-state index contributed by atoms with van der Waals surface area (Å²) in [6, 6.07) is 17.7. The number of benzene rings is 2. The standard InChI is InChI=1S/C16H15NO2/c17-10-13-6-4-5-12-9-15(19-16(12)13)11-18-14-7-2-1-3-8-14/h1-9H,10-11,17H2. The quantitative estimate of drug-likeness (QED) is 0.774. The first-order chi connectivity index (χ1) is 9.36. The van der Waals surface area contributed by atoms with E-state index >= 15 is 0 Å². The minimum absolute atomic E-state index is 0.419. The van der Waals surface area contributed by atoms with Gasteiger partial charge in [-0.15, -0.1) is 0 Å². The van der Waals surface area contributed by atoms with Crippen molar-refractivity contribution in [1.29, 1.82) is 0 Å². The van der Waals surface area contributed by atoms with Crippen LogP contribution >= 0.6 is 0 Å². The largest absolute Gasteiger partial charge is 0.486 e. The van der Waals surface area contributed by atoms with Crippen LogP contribution in [0.25, 0.3) is 11.0 Å². The number of ether oxygens (including phenoxy) is 1. The molecule has 2 aromatic carbocycles. The average Bonchev–Trinajstić information content (AvgIpc) is 2.89. The second-order valence-corrected chi connectivity index (χ2v) is 4.35. The Morgan fingerprint density at radius 2 is 1.84 bits per heavy atom. The fourth-order valence-electron chi connectivity index (χ4n) is 2.08. The first kappa shape index (κ1) is 11.8. The molecule has 0 spiro atoms. The van der Waals surface area contributed by atoms with Crippen molar-refractivity contribution in [3.8, 4) is 5.75 Å². The van der Waals surface area contributed by atoms with Gasteiger partial charge >= 0.3 is 0 Å². The lowest BCUT2D eigenvalue weighted by molar-refractivity contribution is 0.274. The molecule has 0 aliphatic heterocycles. The third-order valence-corrected chi connectivity index (χ3v) is 3.02. The van der Waals surface area contributed by atoms with Crippen LogP contribution in [0.5, 0.6) is 5.75 Å². The number of para-hydroxylation sites is 2. The Labute approximate surface area is 111 Å². The minimum atomic E-state index is 0.419. The highest BCUT2D eigenvalue weighted by atomic mass is 16.5. The molecule has 0 amide bonds. The van der Waals surface area contributed by atoms with Gasteiger partial charge < -0.3 is 14.9 Å². The summed E-state index contributed by atoms with van der Waals surface area (Å²) < 4.78 is 11.5. The van der Waals surface area contributed by atoms with Crippen LogP contribution < -0.4 is 10.5 Å². The second-order valence-electron chi connectivity index (χ2n) is 4.35. The Morgan fingerprint density at radius 3 is 2.63 bits per heavy atom. The Morgan fingerprint density at radius 1 is 1.00 bits per heavy atom. The molecule has 19 heavy (non-hydrogen) atoms. The number of rotatable bonds is 4. The van der Waals surface area contributed by atoms with Gasteiger partial charge in [0.05, 0.1) is 0 Å². The van der Waals surface area contributed by atoms with Gasteiger partial charge in [0.25, 0.3) is 0 Å². The summed E-state index contributed by atoms with van der Waals surface area (Å²) in [5.74, 6) is 1.64. The van der Waals surface area contributed by atoms with Crippen molar-refractivity contribution in [2.45, 2.75) is 13.2 Å². The molecule has 0 unspecified atom stereocenters. The van der Waals surface area contributed by atoms with Gasteiger partial charge in [-0.3, -0.25) is 0 Å². The number of hydrogen-bond acceptors (Lipinski definition) is 3. The van der Waals surface area contributed by atoms with Crippen LogP contribution in [0.15, 0.2) is 59.0 Å². The highest BCUT2D eigenvalue weighted by molar-refractivity contribution is 5.81. The van der Waals surface area contributed by atoms with Crippen molar-refractivity contribution in [2.24, 2.45) is 5.73 Å². The molecule has 3 nitrogen and oxygen atoms in total. The Hall–Kier alpha value is -2.26. The number of nitrogens with two attached hydrogens (primary N) is 1. The number of furan rings is 1. The van der Waals surface area contributed by atoms with Crippen molar-refractivity contribution in [3.63, 3.8) is 0 Å². The molecule has 1 aromatic heterocycles. The molecule has 0 aliphatic carbocycles. The topological polar surface area (TPSA) is 48.4 Å². The molecule has 0 radical (unpaired) electrons. The third kappa shape index (κ3) is 2.46. The van der Waals surface area contributed by atoms with Crippen molar-refractivity contribution in [1.82, 2.24) is 0 Å². The maximum absolute atomic E-state index is 5.81. The van der Waals surface area contributed by atoms with Gasteiger partial charge in [0.2, 0.25) is 0 Å². The molecule has 3 aromatic rings. The predicted molar refractivity (Wildman–Crippen MR) is 74.9 cm³/mol. The zero-order valence-electron chi connectivity index (χ0n) is 10.5. The van der Waals surface area contributed by atoms with Crippen molar-refractivity contribution < 1.29 is 9.15 Å². The van der Waals surface area contributed by atoms with Gasteiger partial charge in [-0.05, 0) is 18.2 Å². The van der Waals surface area contributed by atoms with E-state index in [9.17, 15) is 0 Å². The molecular weight excluding hydrogens is 238 g/mol. The molecular formula is C16H15NO2. The summed E-state index contributed by atoms with van der Waals surface area (Å²) in [6.45, 7) is 0.895. The van der Waals surface area contributed by atoms with Crippen LogP contribution in [0, 0.1) is 0 Å². The summed E-state index contributed by atoms with van der Waals surface area (Å²) in [5.41, 5.74) is 7.57. The molecule has 2 N–H and O–H groups in total. The van der Waals surface area contributed by atoms with E-state index in [1.807, 2.05) is 54.6 Å². The lowest BCUT2D eigenvalue weighted by Gasteiger charge is -2.02. The third-order valence-electron chi connectivity index (χ3n) is 3.02. The van der Waals surface area contributed by atoms with Gasteiger partial charge in [-0.2, -0.15) is 0 Å². The van der Waals surface area contributed by atoms with E-state index in [-0.39, 0.29) is 0 Å². The average molecular weight is 253 g/mol. The minimum Gasteiger partial charge on any atom is -0.486 e. The molecule has 3 heteroatoms. The maximum atomic E-state index is 5.81. The van der Waals surface area contributed by atoms with E-state index < -0.39 is 0 Å². The summed E-state index contributed by atoms with van der Waals surface area (Å²) in [7, 11) is 0.